The molecule has 1 fully saturated rings. The number of nitrogens with one attached hydrogen (secondary N) is 1. The van der Waals surface area contributed by atoms with Gasteiger partial charge in [0.2, 0.25) is 21.8 Å². The Balaban J connectivity index is 1.55. The molecule has 1 saturated heterocycles. The lowest BCUT2D eigenvalue weighted by atomic mass is 9.86. The molecule has 2 aliphatic heterocycles. The molecule has 2 amide bonds. The fourth-order valence-electron chi connectivity index (χ4n) is 4.93. The third-order valence-corrected chi connectivity index (χ3v) is 8.59. The molecule has 1 atom stereocenters. The monoisotopic (exact) mass is 469 g/mol. The Kier molecular flexibility index (Phi) is 5.87. The summed E-state index contributed by atoms with van der Waals surface area (Å²) in [5.41, 5.74) is 3.49. The Morgan fingerprint density at radius 1 is 1.09 bits per heavy atom. The van der Waals surface area contributed by atoms with Crippen molar-refractivity contribution in [3.05, 3.63) is 53.1 Å². The summed E-state index contributed by atoms with van der Waals surface area (Å²) in [6.07, 6.45) is 1.25. The highest BCUT2D eigenvalue weighted by Gasteiger charge is 2.43. The number of carbonyl (C=O) groups excluding carboxylic acids is 2. The van der Waals surface area contributed by atoms with E-state index in [1.54, 1.807) is 30.1 Å². The molecule has 2 heterocycles. The van der Waals surface area contributed by atoms with Crippen molar-refractivity contribution in [1.29, 1.82) is 0 Å². The molecule has 8 heteroatoms. The van der Waals surface area contributed by atoms with Crippen molar-refractivity contribution < 1.29 is 18.0 Å². The molecular formula is C25H31N3O4S. The van der Waals surface area contributed by atoms with Gasteiger partial charge in [0, 0.05) is 31.5 Å². The van der Waals surface area contributed by atoms with E-state index >= 15 is 0 Å². The second-order valence-corrected chi connectivity index (χ2v) is 11.7. The summed E-state index contributed by atoms with van der Waals surface area (Å²) >= 11 is 0. The average Bonchev–Trinajstić information content (AvgIpc) is 2.93. The number of sulfonamides is 1. The van der Waals surface area contributed by atoms with Gasteiger partial charge in [-0.15, -0.1) is 0 Å². The molecule has 0 radical (unpaired) electrons. The summed E-state index contributed by atoms with van der Waals surface area (Å²) in [4.78, 5) is 27.2. The van der Waals surface area contributed by atoms with E-state index in [-0.39, 0.29) is 23.3 Å². The summed E-state index contributed by atoms with van der Waals surface area (Å²) in [7, 11) is -2.10. The van der Waals surface area contributed by atoms with Gasteiger partial charge >= 0.3 is 0 Å². The quantitative estimate of drug-likeness (QED) is 0.741. The first-order valence-electron chi connectivity index (χ1n) is 11.2. The predicted molar refractivity (Wildman–Crippen MR) is 129 cm³/mol. The fraction of sp³-hybridized carbons (Fsp3) is 0.440. The highest BCUT2D eigenvalue weighted by molar-refractivity contribution is 7.89. The third-order valence-electron chi connectivity index (χ3n) is 6.72. The number of aryl methyl sites for hydroxylation is 2. The van der Waals surface area contributed by atoms with E-state index in [9.17, 15) is 18.0 Å². The summed E-state index contributed by atoms with van der Waals surface area (Å²) < 4.78 is 28.3. The van der Waals surface area contributed by atoms with E-state index in [4.69, 9.17) is 0 Å². The molecule has 0 aromatic heterocycles. The molecule has 33 heavy (non-hydrogen) atoms. The van der Waals surface area contributed by atoms with Crippen LogP contribution in [0.4, 0.5) is 11.4 Å². The van der Waals surface area contributed by atoms with E-state index in [0.29, 0.717) is 24.9 Å². The molecule has 0 spiro atoms. The number of hydrogen-bond donors (Lipinski definition) is 1. The Morgan fingerprint density at radius 3 is 2.42 bits per heavy atom. The fourth-order valence-corrected chi connectivity index (χ4v) is 6.48. The largest absolute Gasteiger partial charge is 0.326 e. The molecule has 1 N–H and O–H groups in total. The van der Waals surface area contributed by atoms with Gasteiger partial charge in [-0.3, -0.25) is 9.59 Å². The minimum absolute atomic E-state index is 0.0619. The predicted octanol–water partition coefficient (Wildman–Crippen LogP) is 3.60. The minimum Gasteiger partial charge on any atom is -0.326 e. The number of carbonyl (C=O) groups is 2. The van der Waals surface area contributed by atoms with Crippen LogP contribution in [0.15, 0.2) is 41.3 Å². The summed E-state index contributed by atoms with van der Waals surface area (Å²) in [6, 6.07) is 10.7. The molecule has 0 bridgehead atoms. The van der Waals surface area contributed by atoms with Crippen LogP contribution in [0.3, 0.4) is 0 Å². The number of anilines is 2. The Morgan fingerprint density at radius 2 is 1.76 bits per heavy atom. The summed E-state index contributed by atoms with van der Waals surface area (Å²) in [5, 5.41) is 2.96. The maximum atomic E-state index is 13.5. The lowest BCUT2D eigenvalue weighted by molar-refractivity contribution is -0.122. The van der Waals surface area contributed by atoms with E-state index in [1.807, 2.05) is 45.9 Å². The summed E-state index contributed by atoms with van der Waals surface area (Å²) in [5.74, 6) is -0.650. The van der Waals surface area contributed by atoms with Crippen molar-refractivity contribution in [2.75, 3.05) is 30.4 Å². The van der Waals surface area contributed by atoms with Gasteiger partial charge in [0.15, 0.2) is 0 Å². The van der Waals surface area contributed by atoms with Gasteiger partial charge in [-0.2, -0.15) is 4.31 Å². The van der Waals surface area contributed by atoms with Gasteiger partial charge in [-0.25, -0.2) is 8.42 Å². The number of likely N-dealkylation sites (N-methyl/N-ethyl adjacent to an activating group) is 1. The van der Waals surface area contributed by atoms with Gasteiger partial charge in [0.25, 0.3) is 0 Å². The van der Waals surface area contributed by atoms with Gasteiger partial charge in [-0.1, -0.05) is 6.07 Å². The molecule has 7 nitrogen and oxygen atoms in total. The summed E-state index contributed by atoms with van der Waals surface area (Å²) in [6.45, 7) is 8.07. The van der Waals surface area contributed by atoms with E-state index < -0.39 is 21.4 Å². The zero-order valence-electron chi connectivity index (χ0n) is 19.8. The second kappa shape index (κ2) is 8.25. The van der Waals surface area contributed by atoms with Crippen LogP contribution in [-0.2, 0) is 25.0 Å². The number of benzene rings is 2. The first-order chi connectivity index (χ1) is 15.4. The molecule has 2 aliphatic rings. The number of hydrogen-bond acceptors (Lipinski definition) is 4. The van der Waals surface area contributed by atoms with Crippen molar-refractivity contribution in [3.63, 3.8) is 0 Å². The number of rotatable bonds is 4. The molecule has 1 unspecified atom stereocenters. The van der Waals surface area contributed by atoms with Gasteiger partial charge in [0.1, 0.15) is 0 Å². The van der Waals surface area contributed by atoms with Crippen molar-refractivity contribution in [1.82, 2.24) is 4.31 Å². The van der Waals surface area contributed by atoms with Crippen molar-refractivity contribution in [3.8, 4) is 0 Å². The lowest BCUT2D eigenvalue weighted by Gasteiger charge is -2.31. The van der Waals surface area contributed by atoms with Crippen LogP contribution in [0, 0.1) is 19.8 Å². The topological polar surface area (TPSA) is 86.8 Å². The molecule has 4 rings (SSSR count). The molecule has 2 aromatic carbocycles. The van der Waals surface area contributed by atoms with Crippen molar-refractivity contribution in [2.24, 2.45) is 5.92 Å². The van der Waals surface area contributed by atoms with E-state index in [2.05, 4.69) is 5.32 Å². The van der Waals surface area contributed by atoms with Crippen LogP contribution in [-0.4, -0.2) is 44.7 Å². The highest BCUT2D eigenvalue weighted by atomic mass is 32.2. The number of piperidine rings is 1. The first-order valence-corrected chi connectivity index (χ1v) is 12.7. The van der Waals surface area contributed by atoms with Crippen LogP contribution in [0.1, 0.15) is 43.4 Å². The van der Waals surface area contributed by atoms with Gasteiger partial charge in [0.05, 0.1) is 16.2 Å². The number of nitrogens with zero attached hydrogens (tertiary/aromatic N) is 2. The number of amides is 2. The highest BCUT2D eigenvalue weighted by Crippen LogP contribution is 2.42. The third kappa shape index (κ3) is 4.17. The first kappa shape index (κ1) is 23.4. The van der Waals surface area contributed by atoms with Crippen LogP contribution in [0.5, 0.6) is 0 Å². The smallest absolute Gasteiger partial charge is 0.243 e. The van der Waals surface area contributed by atoms with Gasteiger partial charge in [-0.05, 0) is 87.6 Å². The number of fused-ring (bicyclic) bond motifs is 1. The van der Waals surface area contributed by atoms with E-state index in [0.717, 1.165) is 22.5 Å². The van der Waals surface area contributed by atoms with Crippen LogP contribution >= 0.6 is 0 Å². The Bertz CT molecular complexity index is 1220. The van der Waals surface area contributed by atoms with Crippen LogP contribution in [0.2, 0.25) is 0 Å². The Labute approximate surface area is 195 Å². The SMILES string of the molecule is Cc1cc(C)cc(NC(=O)C2CCCN(S(=O)(=O)c3ccc4c(c3)C(C)(C)C(=O)N4C)C2)c1. The molecule has 2 aromatic rings. The molecule has 176 valence electrons. The standard InChI is InChI=1S/C25H31N3O4S/c1-16-11-17(2)13-19(12-16)26-23(29)18-7-6-10-28(15-18)33(31,32)20-8-9-22-21(14-20)25(3,4)24(30)27(22)5/h8-9,11-14,18H,6-7,10,15H2,1-5H3,(H,26,29). The van der Waals surface area contributed by atoms with Gasteiger partial charge < -0.3 is 10.2 Å². The lowest BCUT2D eigenvalue weighted by Crippen LogP contribution is -2.43. The molecular weight excluding hydrogens is 438 g/mol. The van der Waals surface area contributed by atoms with Crippen molar-refractivity contribution in [2.45, 2.75) is 50.8 Å². The van der Waals surface area contributed by atoms with Crippen LogP contribution < -0.4 is 10.2 Å². The van der Waals surface area contributed by atoms with Crippen molar-refractivity contribution >= 4 is 33.2 Å². The Hall–Kier alpha value is -2.71. The second-order valence-electron chi connectivity index (χ2n) is 9.74. The minimum atomic E-state index is -3.80. The van der Waals surface area contributed by atoms with Crippen LogP contribution in [0.25, 0.3) is 0 Å². The van der Waals surface area contributed by atoms with E-state index in [1.165, 1.54) is 4.31 Å². The maximum Gasteiger partial charge on any atom is 0.243 e. The normalized spacial score (nSPS) is 20.6. The molecule has 0 saturated carbocycles. The molecule has 0 aliphatic carbocycles. The average molecular weight is 470 g/mol. The zero-order valence-corrected chi connectivity index (χ0v) is 20.6. The zero-order chi connectivity index (χ0) is 24.1. The maximum absolute atomic E-state index is 13.5.